The lowest BCUT2D eigenvalue weighted by Gasteiger charge is -2.28. The molecule has 0 aliphatic heterocycles. The van der Waals surface area contributed by atoms with E-state index < -0.39 is 9.76 Å². The van der Waals surface area contributed by atoms with Crippen LogP contribution < -0.4 is 0 Å². The first-order valence-corrected chi connectivity index (χ1v) is 6.39. The molecule has 84 valence electrons. The molecule has 1 aliphatic carbocycles. The highest BCUT2D eigenvalue weighted by Crippen LogP contribution is 2.43. The van der Waals surface area contributed by atoms with Crippen LogP contribution in [-0.2, 0) is 0 Å². The smallest absolute Gasteiger partial charge is 0.124 e. The maximum absolute atomic E-state index is 13.0. The molecule has 16 heavy (non-hydrogen) atoms. The van der Waals surface area contributed by atoms with E-state index in [0.717, 1.165) is 4.90 Å². The van der Waals surface area contributed by atoms with E-state index in [1.165, 1.54) is 23.9 Å². The molecule has 0 bridgehead atoms. The van der Waals surface area contributed by atoms with Crippen molar-refractivity contribution in [2.75, 3.05) is 0 Å². The van der Waals surface area contributed by atoms with Crippen LogP contribution in [0.4, 0.5) is 4.39 Å². The summed E-state index contributed by atoms with van der Waals surface area (Å²) in [6, 6.07) is 6.32. The Morgan fingerprint density at radius 3 is 2.88 bits per heavy atom. The number of aliphatic hydroxyl groups is 1. The van der Waals surface area contributed by atoms with Gasteiger partial charge in [-0.3, -0.25) is 0 Å². The Bertz CT molecular complexity index is 446. The molecule has 0 fully saturated rings. The van der Waals surface area contributed by atoms with E-state index in [-0.39, 0.29) is 5.82 Å². The van der Waals surface area contributed by atoms with Crippen LogP contribution in [0.2, 0.25) is 0 Å². The lowest BCUT2D eigenvalue weighted by Crippen LogP contribution is -2.30. The van der Waals surface area contributed by atoms with Crippen molar-refractivity contribution in [3.63, 3.8) is 0 Å². The number of hydrogen-bond donors (Lipinski definition) is 1. The van der Waals surface area contributed by atoms with Crippen LogP contribution in [0.1, 0.15) is 0 Å². The molecule has 2 unspecified atom stereocenters. The van der Waals surface area contributed by atoms with Crippen molar-refractivity contribution >= 4 is 27.7 Å². The molecule has 1 N–H and O–H groups in total. The summed E-state index contributed by atoms with van der Waals surface area (Å²) in [6.07, 6.45) is 6.56. The normalized spacial score (nSPS) is 28.3. The summed E-state index contributed by atoms with van der Waals surface area (Å²) in [5.74, 6) is -0.272. The first-order valence-electron chi connectivity index (χ1n) is 4.78. The monoisotopic (exact) mass is 300 g/mol. The zero-order valence-electron chi connectivity index (χ0n) is 8.31. The Hall–Kier alpha value is -0.580. The van der Waals surface area contributed by atoms with Gasteiger partial charge >= 0.3 is 0 Å². The highest BCUT2D eigenvalue weighted by atomic mass is 79.9. The third-order valence-corrected chi connectivity index (χ3v) is 4.60. The SMILES string of the molecule is OC1C=CC=CC1(Br)Sc1cccc(F)c1. The molecular formula is C12H10BrFOS. The maximum atomic E-state index is 13.0. The third-order valence-electron chi connectivity index (χ3n) is 2.20. The van der Waals surface area contributed by atoms with Crippen LogP contribution >= 0.6 is 27.7 Å². The number of thioether (sulfide) groups is 1. The summed E-state index contributed by atoms with van der Waals surface area (Å²) < 4.78 is 12.4. The molecule has 0 aromatic heterocycles. The molecule has 1 nitrogen and oxygen atoms in total. The first kappa shape index (κ1) is 11.9. The Morgan fingerprint density at radius 2 is 2.19 bits per heavy atom. The molecular weight excluding hydrogens is 291 g/mol. The minimum absolute atomic E-state index is 0.272. The van der Waals surface area contributed by atoms with Crippen molar-refractivity contribution in [2.24, 2.45) is 0 Å². The van der Waals surface area contributed by atoms with Crippen molar-refractivity contribution in [3.05, 3.63) is 54.4 Å². The van der Waals surface area contributed by atoms with E-state index in [2.05, 4.69) is 15.9 Å². The minimum atomic E-state index is -0.634. The van der Waals surface area contributed by atoms with Gasteiger partial charge in [0.25, 0.3) is 0 Å². The van der Waals surface area contributed by atoms with Crippen molar-refractivity contribution in [2.45, 2.75) is 14.7 Å². The van der Waals surface area contributed by atoms with Crippen LogP contribution in [0.3, 0.4) is 0 Å². The predicted molar refractivity (Wildman–Crippen MR) is 68.2 cm³/mol. The van der Waals surface area contributed by atoms with Crippen LogP contribution in [0.5, 0.6) is 0 Å². The molecule has 4 heteroatoms. The molecule has 0 saturated heterocycles. The van der Waals surface area contributed by atoms with Gasteiger partial charge in [0.15, 0.2) is 0 Å². The number of aliphatic hydroxyl groups excluding tert-OH is 1. The second-order valence-electron chi connectivity index (χ2n) is 3.45. The topological polar surface area (TPSA) is 20.2 Å². The summed E-state index contributed by atoms with van der Waals surface area (Å²) >= 11 is 4.85. The maximum Gasteiger partial charge on any atom is 0.124 e. The van der Waals surface area contributed by atoms with E-state index in [0.29, 0.717) is 0 Å². The first-order chi connectivity index (χ1) is 7.60. The molecule has 0 radical (unpaired) electrons. The number of rotatable bonds is 2. The zero-order chi connectivity index (χ0) is 11.6. The molecule has 2 rings (SSSR count). The van der Waals surface area contributed by atoms with Crippen LogP contribution in [-0.4, -0.2) is 14.9 Å². The van der Waals surface area contributed by atoms with Gasteiger partial charge in [0, 0.05) is 4.90 Å². The molecule has 1 aromatic rings. The van der Waals surface area contributed by atoms with Gasteiger partial charge in [0.2, 0.25) is 0 Å². The number of hydrogen-bond acceptors (Lipinski definition) is 2. The fraction of sp³-hybridized carbons (Fsp3) is 0.167. The van der Waals surface area contributed by atoms with Gasteiger partial charge in [-0.25, -0.2) is 4.39 Å². The second kappa shape index (κ2) is 4.73. The Morgan fingerprint density at radius 1 is 1.38 bits per heavy atom. The average Bonchev–Trinajstić information content (AvgIpc) is 2.23. The van der Waals surface area contributed by atoms with Crippen molar-refractivity contribution < 1.29 is 9.50 Å². The van der Waals surface area contributed by atoms with Gasteiger partial charge < -0.3 is 5.11 Å². The average molecular weight is 301 g/mol. The Kier molecular flexibility index (Phi) is 3.52. The third kappa shape index (κ3) is 2.56. The molecule has 0 spiro atoms. The van der Waals surface area contributed by atoms with Crippen molar-refractivity contribution in [3.8, 4) is 0 Å². The van der Waals surface area contributed by atoms with Gasteiger partial charge in [-0.15, -0.1) is 11.8 Å². The fourth-order valence-electron chi connectivity index (χ4n) is 1.39. The van der Waals surface area contributed by atoms with Crippen LogP contribution in [0.15, 0.2) is 53.5 Å². The standard InChI is InChI=1S/C12H10BrFOS/c13-12(7-2-1-6-11(12)15)16-10-5-3-4-9(14)8-10/h1-8,11,15H. The van der Waals surface area contributed by atoms with Gasteiger partial charge in [-0.05, 0) is 18.2 Å². The lowest BCUT2D eigenvalue weighted by atomic mass is 10.1. The summed E-state index contributed by atoms with van der Waals surface area (Å²) in [4.78, 5) is 0.774. The summed E-state index contributed by atoms with van der Waals surface area (Å²) in [5.41, 5.74) is 0. The van der Waals surface area contributed by atoms with Crippen molar-refractivity contribution in [1.82, 2.24) is 0 Å². The lowest BCUT2D eigenvalue weighted by molar-refractivity contribution is 0.223. The highest BCUT2D eigenvalue weighted by Gasteiger charge is 2.33. The van der Waals surface area contributed by atoms with Gasteiger partial charge in [0.05, 0.1) is 0 Å². The summed E-state index contributed by atoms with van der Waals surface area (Å²) in [7, 11) is 0. The summed E-state index contributed by atoms with van der Waals surface area (Å²) in [5, 5.41) is 9.86. The van der Waals surface area contributed by atoms with Gasteiger partial charge in [-0.1, -0.05) is 46.3 Å². The Labute approximate surface area is 106 Å². The van der Waals surface area contributed by atoms with E-state index in [9.17, 15) is 9.50 Å². The summed E-state index contributed by atoms with van der Waals surface area (Å²) in [6.45, 7) is 0. The van der Waals surface area contributed by atoms with Crippen LogP contribution in [0, 0.1) is 5.82 Å². The molecule has 0 amide bonds. The van der Waals surface area contributed by atoms with Crippen molar-refractivity contribution in [1.29, 1.82) is 0 Å². The van der Waals surface area contributed by atoms with E-state index in [1.807, 2.05) is 18.2 Å². The molecule has 1 aromatic carbocycles. The number of benzene rings is 1. The molecule has 2 atom stereocenters. The fourth-order valence-corrected chi connectivity index (χ4v) is 3.28. The van der Waals surface area contributed by atoms with E-state index in [1.54, 1.807) is 18.2 Å². The van der Waals surface area contributed by atoms with Gasteiger partial charge in [0.1, 0.15) is 15.6 Å². The molecule has 0 saturated carbocycles. The quantitative estimate of drug-likeness (QED) is 0.844. The molecule has 1 aliphatic rings. The van der Waals surface area contributed by atoms with E-state index >= 15 is 0 Å². The largest absolute Gasteiger partial charge is 0.386 e. The minimum Gasteiger partial charge on any atom is -0.386 e. The number of alkyl halides is 1. The zero-order valence-corrected chi connectivity index (χ0v) is 10.7. The number of allylic oxidation sites excluding steroid dienone is 2. The second-order valence-corrected chi connectivity index (χ2v) is 6.63. The van der Waals surface area contributed by atoms with Crippen LogP contribution in [0.25, 0.3) is 0 Å². The van der Waals surface area contributed by atoms with Gasteiger partial charge in [-0.2, -0.15) is 0 Å². The number of halogens is 2. The predicted octanol–water partition coefficient (Wildman–Crippen LogP) is 3.50. The Balaban J connectivity index is 2.21. The highest BCUT2D eigenvalue weighted by molar-refractivity contribution is 9.12. The molecule has 0 heterocycles. The van der Waals surface area contributed by atoms with E-state index in [4.69, 9.17) is 0 Å².